The summed E-state index contributed by atoms with van der Waals surface area (Å²) in [5.41, 5.74) is -0.525. The number of carbonyl (C=O) groups excluding carboxylic acids is 3. The second-order valence-corrected chi connectivity index (χ2v) is 7.51. The number of nitrogens with zero attached hydrogens (tertiary/aromatic N) is 1. The molecule has 1 N–H and O–H groups in total. The molecule has 3 aliphatic rings. The van der Waals surface area contributed by atoms with Gasteiger partial charge < -0.3 is 14.8 Å². The summed E-state index contributed by atoms with van der Waals surface area (Å²) in [4.78, 5) is 38.7. The van der Waals surface area contributed by atoms with Gasteiger partial charge in [0, 0.05) is 12.0 Å². The van der Waals surface area contributed by atoms with Crippen molar-refractivity contribution in [3.63, 3.8) is 0 Å². The van der Waals surface area contributed by atoms with Crippen LogP contribution >= 0.6 is 0 Å². The third-order valence-electron chi connectivity index (χ3n) is 5.75. The number of nitrogens with one attached hydrogen (secondary N) is 1. The molecule has 7 nitrogen and oxygen atoms in total. The van der Waals surface area contributed by atoms with Gasteiger partial charge in [-0.2, -0.15) is 0 Å². The minimum absolute atomic E-state index is 0.322. The van der Waals surface area contributed by atoms with E-state index in [0.29, 0.717) is 36.9 Å². The standard InChI is InChI=1S/C20H24N2O5/c23-17(27-13-14-6-2-1-3-7-14)12-22-18(24)20(21-19(22)25)10-11-26-16-9-5-4-8-15(16)20/h4-5,8-9,14H,1-3,6-7,10-13H2,(H,21,25)/t20-/m1/s1. The van der Waals surface area contributed by atoms with E-state index in [1.807, 2.05) is 6.07 Å². The lowest BCUT2D eigenvalue weighted by Crippen LogP contribution is -2.47. The zero-order valence-corrected chi connectivity index (χ0v) is 15.2. The minimum atomic E-state index is -1.16. The quantitative estimate of drug-likeness (QED) is 0.648. The summed E-state index contributed by atoms with van der Waals surface area (Å²) >= 11 is 0. The Morgan fingerprint density at radius 1 is 1.22 bits per heavy atom. The molecule has 3 amide bonds. The number of urea groups is 1. The second kappa shape index (κ2) is 7.21. The van der Waals surface area contributed by atoms with Gasteiger partial charge >= 0.3 is 12.0 Å². The zero-order valence-electron chi connectivity index (χ0n) is 15.2. The highest BCUT2D eigenvalue weighted by Crippen LogP contribution is 2.40. The lowest BCUT2D eigenvalue weighted by Gasteiger charge is -2.33. The van der Waals surface area contributed by atoms with Gasteiger partial charge in [0.25, 0.3) is 5.91 Å². The van der Waals surface area contributed by atoms with Gasteiger partial charge in [0.1, 0.15) is 12.3 Å². The van der Waals surface area contributed by atoms with Crippen LogP contribution in [0.3, 0.4) is 0 Å². The van der Waals surface area contributed by atoms with Crippen molar-refractivity contribution >= 4 is 17.9 Å². The fraction of sp³-hybridized carbons (Fsp3) is 0.550. The number of esters is 1. The number of imide groups is 1. The number of carbonyl (C=O) groups is 3. The summed E-state index contributed by atoms with van der Waals surface area (Å²) in [6.45, 7) is 0.329. The van der Waals surface area contributed by atoms with Crippen molar-refractivity contribution in [3.8, 4) is 5.75 Å². The van der Waals surface area contributed by atoms with Crippen LogP contribution in [0.5, 0.6) is 5.75 Å². The summed E-state index contributed by atoms with van der Waals surface area (Å²) in [6.07, 6.45) is 6.04. The molecule has 2 aliphatic heterocycles. The smallest absolute Gasteiger partial charge is 0.326 e. The molecule has 2 heterocycles. The van der Waals surface area contributed by atoms with Gasteiger partial charge in [-0.1, -0.05) is 37.5 Å². The molecule has 0 radical (unpaired) electrons. The van der Waals surface area contributed by atoms with Crippen LogP contribution in [-0.2, 0) is 19.9 Å². The first-order valence-corrected chi connectivity index (χ1v) is 9.62. The number of ether oxygens (including phenoxy) is 2. The first-order valence-electron chi connectivity index (χ1n) is 9.62. The molecule has 1 aromatic carbocycles. The van der Waals surface area contributed by atoms with Crippen LogP contribution in [0.4, 0.5) is 4.79 Å². The Hall–Kier alpha value is -2.57. The molecular formula is C20H24N2O5. The van der Waals surface area contributed by atoms with E-state index in [-0.39, 0.29) is 6.54 Å². The lowest BCUT2D eigenvalue weighted by molar-refractivity contribution is -0.149. The SMILES string of the molecule is O=C(CN1C(=O)N[C@@]2(CCOc3ccccc32)C1=O)OCC1CCCCC1. The Labute approximate surface area is 158 Å². The average Bonchev–Trinajstić information content (AvgIpc) is 2.92. The van der Waals surface area contributed by atoms with Gasteiger partial charge in [-0.3, -0.25) is 14.5 Å². The Balaban J connectivity index is 1.44. The van der Waals surface area contributed by atoms with Crippen molar-refractivity contribution in [2.75, 3.05) is 19.8 Å². The summed E-state index contributed by atoms with van der Waals surface area (Å²) in [6, 6.07) is 6.61. The maximum absolute atomic E-state index is 13.1. The Morgan fingerprint density at radius 2 is 2.00 bits per heavy atom. The van der Waals surface area contributed by atoms with E-state index in [0.717, 1.165) is 17.7 Å². The number of hydrogen-bond donors (Lipinski definition) is 1. The molecule has 27 heavy (non-hydrogen) atoms. The summed E-state index contributed by atoms with van der Waals surface area (Å²) in [5, 5.41) is 2.79. The van der Waals surface area contributed by atoms with Crippen molar-refractivity contribution in [1.82, 2.24) is 10.2 Å². The van der Waals surface area contributed by atoms with E-state index < -0.39 is 23.4 Å². The number of benzene rings is 1. The fourth-order valence-electron chi connectivity index (χ4n) is 4.25. The number of hydrogen-bond acceptors (Lipinski definition) is 5. The lowest BCUT2D eigenvalue weighted by atomic mass is 9.84. The molecule has 1 saturated carbocycles. The molecular weight excluding hydrogens is 348 g/mol. The molecule has 1 atom stereocenters. The molecule has 1 spiro atoms. The Kier molecular flexibility index (Phi) is 4.76. The van der Waals surface area contributed by atoms with Crippen LogP contribution in [0.25, 0.3) is 0 Å². The van der Waals surface area contributed by atoms with Crippen LogP contribution < -0.4 is 10.1 Å². The van der Waals surface area contributed by atoms with Gasteiger partial charge in [0.2, 0.25) is 0 Å². The zero-order chi connectivity index (χ0) is 18.9. The predicted molar refractivity (Wildman–Crippen MR) is 96.0 cm³/mol. The number of rotatable bonds is 4. The second-order valence-electron chi connectivity index (χ2n) is 7.51. The monoisotopic (exact) mass is 372 g/mol. The maximum atomic E-state index is 13.1. The highest BCUT2D eigenvalue weighted by atomic mass is 16.5. The summed E-state index contributed by atoms with van der Waals surface area (Å²) in [7, 11) is 0. The molecule has 2 fully saturated rings. The van der Waals surface area contributed by atoms with Gasteiger partial charge in [0.05, 0.1) is 13.2 Å². The first-order chi connectivity index (χ1) is 13.1. The van der Waals surface area contributed by atoms with E-state index in [9.17, 15) is 14.4 Å². The van der Waals surface area contributed by atoms with E-state index in [1.54, 1.807) is 18.2 Å². The molecule has 4 rings (SSSR count). The van der Waals surface area contributed by atoms with Crippen molar-refractivity contribution in [2.24, 2.45) is 5.92 Å². The predicted octanol–water partition coefficient (Wildman–Crippen LogP) is 2.34. The highest BCUT2D eigenvalue weighted by Gasteiger charge is 2.55. The van der Waals surface area contributed by atoms with E-state index in [4.69, 9.17) is 9.47 Å². The van der Waals surface area contributed by atoms with Crippen LogP contribution in [0, 0.1) is 5.92 Å². The highest BCUT2D eigenvalue weighted by molar-refractivity contribution is 6.09. The van der Waals surface area contributed by atoms with E-state index in [1.165, 1.54) is 19.3 Å². The normalized spacial score (nSPS) is 25.1. The Morgan fingerprint density at radius 3 is 2.81 bits per heavy atom. The third-order valence-corrected chi connectivity index (χ3v) is 5.75. The number of para-hydroxylation sites is 1. The van der Waals surface area contributed by atoms with Crippen LogP contribution in [0.1, 0.15) is 44.1 Å². The van der Waals surface area contributed by atoms with Gasteiger partial charge in [0.15, 0.2) is 5.54 Å². The molecule has 144 valence electrons. The summed E-state index contributed by atoms with van der Waals surface area (Å²) < 4.78 is 10.9. The summed E-state index contributed by atoms with van der Waals surface area (Å²) in [5.74, 6) is 0.0120. The first kappa shape index (κ1) is 17.8. The van der Waals surface area contributed by atoms with Crippen molar-refractivity contribution in [3.05, 3.63) is 29.8 Å². The third kappa shape index (κ3) is 3.26. The van der Waals surface area contributed by atoms with Crippen LogP contribution in [0.15, 0.2) is 24.3 Å². The van der Waals surface area contributed by atoms with Gasteiger partial charge in [-0.25, -0.2) is 4.79 Å². The van der Waals surface area contributed by atoms with Crippen molar-refractivity contribution in [2.45, 2.75) is 44.1 Å². The van der Waals surface area contributed by atoms with E-state index >= 15 is 0 Å². The number of amides is 3. The van der Waals surface area contributed by atoms with E-state index in [2.05, 4.69) is 5.32 Å². The van der Waals surface area contributed by atoms with Crippen molar-refractivity contribution in [1.29, 1.82) is 0 Å². The fourth-order valence-corrected chi connectivity index (χ4v) is 4.25. The van der Waals surface area contributed by atoms with Crippen LogP contribution in [0.2, 0.25) is 0 Å². The van der Waals surface area contributed by atoms with Gasteiger partial charge in [-0.15, -0.1) is 0 Å². The van der Waals surface area contributed by atoms with Gasteiger partial charge in [-0.05, 0) is 24.8 Å². The maximum Gasteiger partial charge on any atom is 0.326 e. The molecule has 0 unspecified atom stereocenters. The Bertz CT molecular complexity index is 758. The van der Waals surface area contributed by atoms with Crippen molar-refractivity contribution < 1.29 is 23.9 Å². The topological polar surface area (TPSA) is 84.9 Å². The molecule has 0 bridgehead atoms. The molecule has 1 saturated heterocycles. The molecule has 0 aromatic heterocycles. The minimum Gasteiger partial charge on any atom is -0.493 e. The largest absolute Gasteiger partial charge is 0.493 e. The van der Waals surface area contributed by atoms with Crippen LogP contribution in [-0.4, -0.2) is 42.6 Å². The average molecular weight is 372 g/mol. The molecule has 1 aliphatic carbocycles. The molecule has 1 aromatic rings. The molecule has 7 heteroatoms. The number of fused-ring (bicyclic) bond motifs is 2.